The van der Waals surface area contributed by atoms with Crippen LogP contribution in [-0.2, 0) is 4.84 Å². The van der Waals surface area contributed by atoms with E-state index in [0.29, 0.717) is 5.56 Å². The summed E-state index contributed by atoms with van der Waals surface area (Å²) >= 11 is 5.78. The zero-order chi connectivity index (χ0) is 12.3. The lowest BCUT2D eigenvalue weighted by molar-refractivity contribution is -0.0756. The first-order valence-electron chi connectivity index (χ1n) is 4.45. The summed E-state index contributed by atoms with van der Waals surface area (Å²) < 4.78 is 0. The van der Waals surface area contributed by atoms with Gasteiger partial charge >= 0.3 is 7.12 Å². The van der Waals surface area contributed by atoms with Crippen molar-refractivity contribution in [2.45, 2.75) is 0 Å². The number of hydroxylamine groups is 2. The molecule has 1 aromatic carbocycles. The van der Waals surface area contributed by atoms with E-state index in [0.717, 1.165) is 5.06 Å². The molecule has 0 fully saturated rings. The highest BCUT2D eigenvalue weighted by molar-refractivity contribution is 6.62. The van der Waals surface area contributed by atoms with Crippen LogP contribution in [0, 0.1) is 0 Å². The normalized spacial score (nSPS) is 10.1. The first kappa shape index (κ1) is 13.0. The SMILES string of the molecule is CON(C)C(=O)c1ccc(B(O)O)c(Cl)c1. The van der Waals surface area contributed by atoms with Crippen LogP contribution in [0.4, 0.5) is 0 Å². The molecule has 1 amide bonds. The van der Waals surface area contributed by atoms with Crippen LogP contribution < -0.4 is 5.46 Å². The van der Waals surface area contributed by atoms with E-state index in [-0.39, 0.29) is 16.4 Å². The molecule has 2 N–H and O–H groups in total. The van der Waals surface area contributed by atoms with Crippen LogP contribution >= 0.6 is 11.6 Å². The van der Waals surface area contributed by atoms with Crippen LogP contribution in [0.15, 0.2) is 18.2 Å². The first-order chi connectivity index (χ1) is 7.47. The third kappa shape index (κ3) is 2.73. The number of rotatable bonds is 3. The Morgan fingerprint density at radius 1 is 1.50 bits per heavy atom. The van der Waals surface area contributed by atoms with Gasteiger partial charge in [-0.25, -0.2) is 5.06 Å². The van der Waals surface area contributed by atoms with E-state index in [1.807, 2.05) is 0 Å². The van der Waals surface area contributed by atoms with Gasteiger partial charge in [-0.2, -0.15) is 0 Å². The smallest absolute Gasteiger partial charge is 0.423 e. The number of hydrogen-bond donors (Lipinski definition) is 2. The average molecular weight is 243 g/mol. The van der Waals surface area contributed by atoms with E-state index in [9.17, 15) is 4.79 Å². The second-order valence-corrected chi connectivity index (χ2v) is 3.50. The van der Waals surface area contributed by atoms with Crippen molar-refractivity contribution in [3.8, 4) is 0 Å². The van der Waals surface area contributed by atoms with Gasteiger partial charge in [-0.1, -0.05) is 17.7 Å². The summed E-state index contributed by atoms with van der Waals surface area (Å²) in [6.45, 7) is 0. The summed E-state index contributed by atoms with van der Waals surface area (Å²) in [5.41, 5.74) is 0.456. The zero-order valence-corrected chi connectivity index (χ0v) is 9.60. The monoisotopic (exact) mass is 243 g/mol. The highest BCUT2D eigenvalue weighted by atomic mass is 35.5. The van der Waals surface area contributed by atoms with Crippen LogP contribution in [0.1, 0.15) is 10.4 Å². The standard InChI is InChI=1S/C9H11BClNO4/c1-12(16-2)9(13)6-3-4-7(10(14)15)8(11)5-6/h3-5,14-15H,1-2H3. The molecule has 0 unspecified atom stereocenters. The maximum atomic E-state index is 11.6. The predicted octanol–water partition coefficient (Wildman–Crippen LogP) is -0.347. The maximum absolute atomic E-state index is 11.6. The van der Waals surface area contributed by atoms with E-state index < -0.39 is 7.12 Å². The Kier molecular flexibility index (Phi) is 4.31. The van der Waals surface area contributed by atoms with E-state index >= 15 is 0 Å². The molecule has 16 heavy (non-hydrogen) atoms. The van der Waals surface area contributed by atoms with Gasteiger partial charge in [0.2, 0.25) is 0 Å². The summed E-state index contributed by atoms with van der Waals surface area (Å²) in [5, 5.41) is 19.0. The molecule has 7 heteroatoms. The predicted molar refractivity (Wildman–Crippen MR) is 60.4 cm³/mol. The van der Waals surface area contributed by atoms with Crippen LogP contribution in [0.3, 0.4) is 0 Å². The number of nitrogens with zero attached hydrogens (tertiary/aromatic N) is 1. The maximum Gasteiger partial charge on any atom is 0.489 e. The second-order valence-electron chi connectivity index (χ2n) is 3.10. The van der Waals surface area contributed by atoms with Crippen molar-refractivity contribution in [3.63, 3.8) is 0 Å². The highest BCUT2D eigenvalue weighted by Crippen LogP contribution is 2.11. The van der Waals surface area contributed by atoms with Gasteiger partial charge < -0.3 is 10.0 Å². The van der Waals surface area contributed by atoms with Gasteiger partial charge in [0.25, 0.3) is 5.91 Å². The summed E-state index contributed by atoms with van der Waals surface area (Å²) in [7, 11) is 1.17. The Morgan fingerprint density at radius 3 is 2.56 bits per heavy atom. The minimum Gasteiger partial charge on any atom is -0.423 e. The molecule has 5 nitrogen and oxygen atoms in total. The van der Waals surface area contributed by atoms with Gasteiger partial charge in [-0.15, -0.1) is 0 Å². The van der Waals surface area contributed by atoms with Crippen molar-refractivity contribution >= 4 is 30.1 Å². The van der Waals surface area contributed by atoms with Crippen molar-refractivity contribution in [2.75, 3.05) is 14.2 Å². The minimum absolute atomic E-state index is 0.116. The molecule has 0 aliphatic rings. The van der Waals surface area contributed by atoms with Gasteiger partial charge in [0, 0.05) is 23.1 Å². The molecule has 0 aliphatic carbocycles. The van der Waals surface area contributed by atoms with Crippen molar-refractivity contribution in [2.24, 2.45) is 0 Å². The van der Waals surface area contributed by atoms with E-state index in [1.54, 1.807) is 0 Å². The van der Waals surface area contributed by atoms with E-state index in [2.05, 4.69) is 0 Å². The molecule has 0 spiro atoms. The number of amides is 1. The van der Waals surface area contributed by atoms with E-state index in [4.69, 9.17) is 26.5 Å². The third-order valence-corrected chi connectivity index (χ3v) is 2.41. The largest absolute Gasteiger partial charge is 0.489 e. The van der Waals surface area contributed by atoms with Crippen LogP contribution in [0.5, 0.6) is 0 Å². The minimum atomic E-state index is -1.66. The molecule has 0 heterocycles. The van der Waals surface area contributed by atoms with Crippen LogP contribution in [-0.4, -0.2) is 42.3 Å². The number of carbonyl (C=O) groups is 1. The number of halogens is 1. The van der Waals surface area contributed by atoms with Crippen molar-refractivity contribution in [3.05, 3.63) is 28.8 Å². The summed E-state index contributed by atoms with van der Waals surface area (Å²) in [5.74, 6) is -0.372. The van der Waals surface area contributed by atoms with Gasteiger partial charge in [0.15, 0.2) is 0 Å². The fourth-order valence-electron chi connectivity index (χ4n) is 1.13. The number of carbonyl (C=O) groups excluding carboxylic acids is 1. The molecule has 86 valence electrons. The zero-order valence-electron chi connectivity index (χ0n) is 8.85. The molecular formula is C9H11BClNO4. The molecule has 0 saturated heterocycles. The molecule has 0 aromatic heterocycles. The third-order valence-electron chi connectivity index (χ3n) is 2.09. The topological polar surface area (TPSA) is 70.0 Å². The van der Waals surface area contributed by atoms with Crippen molar-refractivity contribution in [1.29, 1.82) is 0 Å². The van der Waals surface area contributed by atoms with Crippen molar-refractivity contribution < 1.29 is 19.7 Å². The molecule has 1 rings (SSSR count). The van der Waals surface area contributed by atoms with Crippen molar-refractivity contribution in [1.82, 2.24) is 5.06 Å². The fraction of sp³-hybridized carbons (Fsp3) is 0.222. The Labute approximate surface area is 98.3 Å². The number of hydrogen-bond acceptors (Lipinski definition) is 4. The van der Waals surface area contributed by atoms with Gasteiger partial charge in [-0.05, 0) is 12.1 Å². The fourth-order valence-corrected chi connectivity index (χ4v) is 1.41. The molecule has 0 aliphatic heterocycles. The van der Waals surface area contributed by atoms with Gasteiger partial charge in [-0.3, -0.25) is 9.63 Å². The lowest BCUT2D eigenvalue weighted by Crippen LogP contribution is -2.32. The molecule has 0 radical (unpaired) electrons. The number of benzene rings is 1. The van der Waals surface area contributed by atoms with Gasteiger partial charge in [0.05, 0.1) is 7.11 Å². The molecule has 0 saturated carbocycles. The Balaban J connectivity index is 3.02. The molecule has 0 bridgehead atoms. The Morgan fingerprint density at radius 2 is 2.12 bits per heavy atom. The average Bonchev–Trinajstić information content (AvgIpc) is 2.26. The van der Waals surface area contributed by atoms with Gasteiger partial charge in [0.1, 0.15) is 0 Å². The molecule has 0 atom stereocenters. The summed E-state index contributed by atoms with van der Waals surface area (Å²) in [4.78, 5) is 16.4. The lowest BCUT2D eigenvalue weighted by Gasteiger charge is -2.14. The quantitative estimate of drug-likeness (QED) is 0.562. The Hall–Kier alpha value is -1.08. The first-order valence-corrected chi connectivity index (χ1v) is 4.83. The lowest BCUT2D eigenvalue weighted by atomic mass is 9.80. The Bertz CT molecular complexity index is 399. The summed E-state index contributed by atoms with van der Waals surface area (Å²) in [6.07, 6.45) is 0. The van der Waals surface area contributed by atoms with Crippen LogP contribution in [0.2, 0.25) is 5.02 Å². The second kappa shape index (κ2) is 5.31. The van der Waals surface area contributed by atoms with E-state index in [1.165, 1.54) is 32.4 Å². The molecular weight excluding hydrogens is 232 g/mol. The summed E-state index contributed by atoms with van der Waals surface area (Å²) in [6, 6.07) is 4.18. The van der Waals surface area contributed by atoms with Crippen LogP contribution in [0.25, 0.3) is 0 Å². The highest BCUT2D eigenvalue weighted by Gasteiger charge is 2.18. The molecule has 1 aromatic rings.